The van der Waals surface area contributed by atoms with Gasteiger partial charge in [0.05, 0.1) is 5.69 Å². The lowest BCUT2D eigenvalue weighted by molar-refractivity contribution is -0.120. The van der Waals surface area contributed by atoms with Gasteiger partial charge in [0.25, 0.3) is 0 Å². The van der Waals surface area contributed by atoms with E-state index in [4.69, 9.17) is 4.42 Å². The van der Waals surface area contributed by atoms with Gasteiger partial charge >= 0.3 is 6.03 Å². The molecule has 0 unspecified atom stereocenters. The van der Waals surface area contributed by atoms with Gasteiger partial charge in [-0.3, -0.25) is 15.0 Å². The second kappa shape index (κ2) is 4.08. The minimum atomic E-state index is -0.387. The van der Waals surface area contributed by atoms with E-state index in [1.165, 1.54) is 5.56 Å². The highest BCUT2D eigenvalue weighted by Gasteiger charge is 2.28. The van der Waals surface area contributed by atoms with E-state index < -0.39 is 0 Å². The summed E-state index contributed by atoms with van der Waals surface area (Å²) in [6.45, 7) is 2.01. The first-order valence-electron chi connectivity index (χ1n) is 6.58. The fraction of sp³-hybridized carbons (Fsp3) is 0.286. The summed E-state index contributed by atoms with van der Waals surface area (Å²) in [5, 5.41) is 6.53. The molecule has 2 aliphatic heterocycles. The minimum Gasteiger partial charge on any atom is -0.462 e. The maximum atomic E-state index is 11.9. The molecule has 2 aromatic rings. The van der Waals surface area contributed by atoms with Crippen LogP contribution in [0.15, 0.2) is 22.8 Å². The summed E-state index contributed by atoms with van der Waals surface area (Å²) in [5.41, 5.74) is 3.94. The van der Waals surface area contributed by atoms with Crippen molar-refractivity contribution in [3.05, 3.63) is 29.5 Å². The number of amides is 3. The number of anilines is 1. The zero-order chi connectivity index (χ0) is 13.7. The Kier molecular flexibility index (Phi) is 2.34. The molecule has 6 heteroatoms. The molecule has 0 saturated carbocycles. The van der Waals surface area contributed by atoms with Crippen LogP contribution in [0.1, 0.15) is 17.5 Å². The monoisotopic (exact) mass is 271 g/mol. The fourth-order valence-electron chi connectivity index (χ4n) is 2.87. The zero-order valence-electron chi connectivity index (χ0n) is 10.7. The van der Waals surface area contributed by atoms with E-state index in [1.54, 1.807) is 11.2 Å². The molecule has 20 heavy (non-hydrogen) atoms. The summed E-state index contributed by atoms with van der Waals surface area (Å²) >= 11 is 0. The van der Waals surface area contributed by atoms with Crippen LogP contribution in [0.5, 0.6) is 0 Å². The number of carbonyl (C=O) groups excluding carboxylic acids is 2. The van der Waals surface area contributed by atoms with Crippen LogP contribution in [0, 0.1) is 0 Å². The summed E-state index contributed by atoms with van der Waals surface area (Å²) < 4.78 is 5.67. The number of benzene rings is 1. The van der Waals surface area contributed by atoms with Crippen molar-refractivity contribution in [3.8, 4) is 0 Å². The van der Waals surface area contributed by atoms with Crippen LogP contribution < -0.4 is 15.5 Å². The summed E-state index contributed by atoms with van der Waals surface area (Å²) in [5.74, 6) is -0.232. The summed E-state index contributed by atoms with van der Waals surface area (Å²) in [6, 6.07) is 3.65. The molecule has 1 aromatic carbocycles. The number of urea groups is 1. The van der Waals surface area contributed by atoms with Gasteiger partial charge in [-0.15, -0.1) is 0 Å². The normalized spacial score (nSPS) is 18.5. The highest BCUT2D eigenvalue weighted by Crippen LogP contribution is 2.35. The first kappa shape index (κ1) is 11.5. The lowest BCUT2D eigenvalue weighted by atomic mass is 10.1. The third kappa shape index (κ3) is 1.55. The number of nitrogens with zero attached hydrogens (tertiary/aromatic N) is 1. The molecule has 0 spiro atoms. The van der Waals surface area contributed by atoms with Gasteiger partial charge < -0.3 is 9.73 Å². The second-order valence-electron chi connectivity index (χ2n) is 5.06. The van der Waals surface area contributed by atoms with Gasteiger partial charge in [-0.05, 0) is 11.6 Å². The highest BCUT2D eigenvalue weighted by molar-refractivity contribution is 6.09. The van der Waals surface area contributed by atoms with Crippen LogP contribution in [0.4, 0.5) is 10.5 Å². The number of hydrogen-bond acceptors (Lipinski definition) is 4. The predicted molar refractivity (Wildman–Crippen MR) is 72.3 cm³/mol. The number of nitrogens with one attached hydrogen (secondary N) is 2. The Morgan fingerprint density at radius 2 is 2.10 bits per heavy atom. The van der Waals surface area contributed by atoms with Crippen molar-refractivity contribution in [2.45, 2.75) is 19.5 Å². The molecule has 0 bridgehead atoms. The van der Waals surface area contributed by atoms with Crippen LogP contribution in [0.2, 0.25) is 0 Å². The third-order valence-electron chi connectivity index (χ3n) is 3.88. The molecule has 2 aliphatic rings. The Morgan fingerprint density at radius 3 is 2.95 bits per heavy atom. The van der Waals surface area contributed by atoms with Crippen molar-refractivity contribution < 1.29 is 14.0 Å². The van der Waals surface area contributed by atoms with E-state index in [2.05, 4.69) is 16.7 Å². The molecular weight excluding hydrogens is 258 g/mol. The van der Waals surface area contributed by atoms with Crippen LogP contribution in [-0.2, 0) is 17.9 Å². The van der Waals surface area contributed by atoms with E-state index in [9.17, 15) is 9.59 Å². The van der Waals surface area contributed by atoms with E-state index >= 15 is 0 Å². The first-order chi connectivity index (χ1) is 9.74. The van der Waals surface area contributed by atoms with Crippen molar-refractivity contribution in [2.75, 3.05) is 11.4 Å². The highest BCUT2D eigenvalue weighted by atomic mass is 16.3. The molecule has 2 N–H and O–H groups in total. The largest absolute Gasteiger partial charge is 0.462 e. The van der Waals surface area contributed by atoms with Crippen molar-refractivity contribution in [3.63, 3.8) is 0 Å². The van der Waals surface area contributed by atoms with Gasteiger partial charge in [-0.1, -0.05) is 6.07 Å². The lowest BCUT2D eigenvalue weighted by Gasteiger charge is -2.25. The van der Waals surface area contributed by atoms with Gasteiger partial charge in [0.1, 0.15) is 11.8 Å². The van der Waals surface area contributed by atoms with Gasteiger partial charge in [0, 0.05) is 37.0 Å². The SMILES string of the molecule is O=C1CCN(c2coc3c4c(ccc23)CNC4)C(=O)N1. The van der Waals surface area contributed by atoms with Crippen LogP contribution in [0.25, 0.3) is 11.0 Å². The lowest BCUT2D eigenvalue weighted by Crippen LogP contribution is -2.49. The molecular formula is C14H13N3O3. The quantitative estimate of drug-likeness (QED) is 0.824. The molecule has 0 aliphatic carbocycles. The number of imide groups is 1. The van der Waals surface area contributed by atoms with Crippen molar-refractivity contribution in [1.82, 2.24) is 10.6 Å². The molecule has 102 valence electrons. The van der Waals surface area contributed by atoms with Crippen LogP contribution in [-0.4, -0.2) is 18.5 Å². The standard InChI is InChI=1S/C14H13N3O3/c18-12-3-4-17(14(19)16-12)11-7-20-13-9(11)2-1-8-5-15-6-10(8)13/h1-2,7,15H,3-6H2,(H,16,18,19). The molecule has 0 radical (unpaired) electrons. The van der Waals surface area contributed by atoms with E-state index in [-0.39, 0.29) is 11.9 Å². The molecule has 1 aromatic heterocycles. The fourth-order valence-corrected chi connectivity index (χ4v) is 2.87. The number of hydrogen-bond donors (Lipinski definition) is 2. The van der Waals surface area contributed by atoms with Crippen LogP contribution >= 0.6 is 0 Å². The minimum absolute atomic E-state index is 0.232. The first-order valence-corrected chi connectivity index (χ1v) is 6.58. The van der Waals surface area contributed by atoms with Gasteiger partial charge in [-0.2, -0.15) is 0 Å². The second-order valence-corrected chi connectivity index (χ2v) is 5.06. The molecule has 0 atom stereocenters. The number of carbonyl (C=O) groups is 2. The van der Waals surface area contributed by atoms with Crippen LogP contribution in [0.3, 0.4) is 0 Å². The maximum Gasteiger partial charge on any atom is 0.328 e. The average molecular weight is 271 g/mol. The Hall–Kier alpha value is -2.34. The Labute approximate surface area is 114 Å². The maximum absolute atomic E-state index is 11.9. The van der Waals surface area contributed by atoms with E-state index in [0.29, 0.717) is 13.0 Å². The number of fused-ring (bicyclic) bond motifs is 3. The Bertz CT molecular complexity index is 735. The van der Waals surface area contributed by atoms with Gasteiger partial charge in [-0.25, -0.2) is 4.79 Å². The molecule has 1 saturated heterocycles. The molecule has 4 rings (SSSR count). The van der Waals surface area contributed by atoms with E-state index in [0.717, 1.165) is 35.3 Å². The molecule has 3 heterocycles. The van der Waals surface area contributed by atoms with Gasteiger partial charge in [0.2, 0.25) is 5.91 Å². The number of rotatable bonds is 1. The Balaban J connectivity index is 1.81. The summed E-state index contributed by atoms with van der Waals surface area (Å²) in [6.07, 6.45) is 1.91. The molecule has 3 amide bonds. The summed E-state index contributed by atoms with van der Waals surface area (Å²) in [4.78, 5) is 24.7. The molecule has 6 nitrogen and oxygen atoms in total. The van der Waals surface area contributed by atoms with E-state index in [1.807, 2.05) is 6.07 Å². The van der Waals surface area contributed by atoms with Crippen molar-refractivity contribution in [1.29, 1.82) is 0 Å². The average Bonchev–Trinajstić information content (AvgIpc) is 3.03. The topological polar surface area (TPSA) is 74.6 Å². The van der Waals surface area contributed by atoms with Gasteiger partial charge in [0.15, 0.2) is 0 Å². The number of furan rings is 1. The van der Waals surface area contributed by atoms with Crippen molar-refractivity contribution in [2.24, 2.45) is 0 Å². The van der Waals surface area contributed by atoms with Crippen molar-refractivity contribution >= 4 is 28.6 Å². The zero-order valence-corrected chi connectivity index (χ0v) is 10.7. The Morgan fingerprint density at radius 1 is 1.20 bits per heavy atom. The summed E-state index contributed by atoms with van der Waals surface area (Å²) in [7, 11) is 0. The molecule has 1 fully saturated rings. The smallest absolute Gasteiger partial charge is 0.328 e. The predicted octanol–water partition coefficient (Wildman–Crippen LogP) is 1.48. The third-order valence-corrected chi connectivity index (χ3v) is 3.88.